The van der Waals surface area contributed by atoms with Crippen LogP contribution in [0.3, 0.4) is 0 Å². The topological polar surface area (TPSA) is 21.7 Å². The quantitative estimate of drug-likeness (QED) is 0.819. The van der Waals surface area contributed by atoms with Gasteiger partial charge in [-0.05, 0) is 43.4 Å². The zero-order valence-electron chi connectivity index (χ0n) is 11.6. The lowest BCUT2D eigenvalue weighted by Crippen LogP contribution is -2.29. The summed E-state index contributed by atoms with van der Waals surface area (Å²) < 4.78 is 10.9. The molecule has 1 saturated heterocycles. The molecular weight excluding hydrogens is 226 g/mol. The highest BCUT2D eigenvalue weighted by Gasteiger charge is 2.17. The van der Waals surface area contributed by atoms with Gasteiger partial charge in [-0.15, -0.1) is 0 Å². The second-order valence-corrected chi connectivity index (χ2v) is 5.11. The molecule has 1 aliphatic rings. The zero-order valence-corrected chi connectivity index (χ0v) is 11.6. The standard InChI is InChI=1S/C15H23NO2/c1-12-4-5-14(15(10-12)17-3)16(2)11-13-6-8-18-9-7-13/h4-5,10,13H,6-9,11H2,1-3H3. The molecule has 3 nitrogen and oxygen atoms in total. The number of ether oxygens (including phenoxy) is 2. The molecule has 1 aromatic rings. The molecule has 1 heterocycles. The van der Waals surface area contributed by atoms with Crippen molar-refractivity contribution in [3.8, 4) is 5.75 Å². The van der Waals surface area contributed by atoms with Crippen LogP contribution in [0.5, 0.6) is 5.75 Å². The van der Waals surface area contributed by atoms with E-state index in [1.165, 1.54) is 24.1 Å². The van der Waals surface area contributed by atoms with Crippen LogP contribution in [-0.2, 0) is 4.74 Å². The third-order valence-electron chi connectivity index (χ3n) is 3.62. The molecule has 2 rings (SSSR count). The Labute approximate surface area is 110 Å². The van der Waals surface area contributed by atoms with Gasteiger partial charge in [-0.3, -0.25) is 0 Å². The fourth-order valence-electron chi connectivity index (χ4n) is 2.51. The normalized spacial score (nSPS) is 16.6. The van der Waals surface area contributed by atoms with Gasteiger partial charge >= 0.3 is 0 Å². The van der Waals surface area contributed by atoms with Crippen LogP contribution in [0.25, 0.3) is 0 Å². The summed E-state index contributed by atoms with van der Waals surface area (Å²) in [6.45, 7) is 4.97. The number of hydrogen-bond donors (Lipinski definition) is 0. The first-order chi connectivity index (χ1) is 8.70. The highest BCUT2D eigenvalue weighted by Crippen LogP contribution is 2.29. The van der Waals surface area contributed by atoms with Gasteiger partial charge in [0.15, 0.2) is 0 Å². The number of hydrogen-bond acceptors (Lipinski definition) is 3. The highest BCUT2D eigenvalue weighted by molar-refractivity contribution is 5.59. The predicted molar refractivity (Wildman–Crippen MR) is 74.5 cm³/mol. The molecule has 3 heteroatoms. The zero-order chi connectivity index (χ0) is 13.0. The van der Waals surface area contributed by atoms with Crippen LogP contribution in [-0.4, -0.2) is 33.9 Å². The van der Waals surface area contributed by atoms with Crippen molar-refractivity contribution in [3.05, 3.63) is 23.8 Å². The van der Waals surface area contributed by atoms with Gasteiger partial charge in [-0.25, -0.2) is 0 Å². The minimum absolute atomic E-state index is 0.731. The molecule has 0 amide bonds. The summed E-state index contributed by atoms with van der Waals surface area (Å²) in [5.74, 6) is 1.69. The minimum Gasteiger partial charge on any atom is -0.495 e. The molecule has 0 spiro atoms. The minimum atomic E-state index is 0.731. The fraction of sp³-hybridized carbons (Fsp3) is 0.600. The number of anilines is 1. The molecule has 0 aromatic heterocycles. The third kappa shape index (κ3) is 3.16. The number of methoxy groups -OCH3 is 1. The van der Waals surface area contributed by atoms with Crippen molar-refractivity contribution in [3.63, 3.8) is 0 Å². The van der Waals surface area contributed by atoms with Gasteiger partial charge in [-0.1, -0.05) is 6.07 Å². The number of rotatable bonds is 4. The third-order valence-corrected chi connectivity index (χ3v) is 3.62. The van der Waals surface area contributed by atoms with Crippen LogP contribution in [0, 0.1) is 12.8 Å². The first-order valence-electron chi connectivity index (χ1n) is 6.64. The van der Waals surface area contributed by atoms with Crippen LogP contribution in [0.1, 0.15) is 18.4 Å². The number of aryl methyl sites for hydroxylation is 1. The van der Waals surface area contributed by atoms with Crippen LogP contribution in [0.15, 0.2) is 18.2 Å². The SMILES string of the molecule is COc1cc(C)ccc1N(C)CC1CCOCC1. The summed E-state index contributed by atoms with van der Waals surface area (Å²) >= 11 is 0. The van der Waals surface area contributed by atoms with Crippen molar-refractivity contribution < 1.29 is 9.47 Å². The van der Waals surface area contributed by atoms with Gasteiger partial charge in [0.2, 0.25) is 0 Å². The largest absolute Gasteiger partial charge is 0.495 e. The maximum atomic E-state index is 5.47. The summed E-state index contributed by atoms with van der Waals surface area (Å²) in [4.78, 5) is 2.30. The van der Waals surface area contributed by atoms with Gasteiger partial charge in [0, 0.05) is 26.8 Å². The van der Waals surface area contributed by atoms with E-state index in [-0.39, 0.29) is 0 Å². The van der Waals surface area contributed by atoms with Crippen LogP contribution >= 0.6 is 0 Å². The Morgan fingerprint density at radius 1 is 1.33 bits per heavy atom. The summed E-state index contributed by atoms with van der Waals surface area (Å²) in [6, 6.07) is 6.38. The molecule has 0 unspecified atom stereocenters. The maximum absolute atomic E-state index is 5.47. The van der Waals surface area contributed by atoms with Crippen molar-refractivity contribution in [1.82, 2.24) is 0 Å². The van der Waals surface area contributed by atoms with Crippen LogP contribution in [0.2, 0.25) is 0 Å². The molecule has 0 saturated carbocycles. The van der Waals surface area contributed by atoms with Crippen molar-refractivity contribution in [1.29, 1.82) is 0 Å². The second-order valence-electron chi connectivity index (χ2n) is 5.11. The Balaban J connectivity index is 2.05. The molecule has 0 bridgehead atoms. The van der Waals surface area contributed by atoms with E-state index in [0.717, 1.165) is 31.4 Å². The van der Waals surface area contributed by atoms with Crippen LogP contribution < -0.4 is 9.64 Å². The molecule has 0 radical (unpaired) electrons. The summed E-state index contributed by atoms with van der Waals surface area (Å²) in [5, 5.41) is 0. The van der Waals surface area contributed by atoms with E-state index in [4.69, 9.17) is 9.47 Å². The van der Waals surface area contributed by atoms with Gasteiger partial charge in [0.25, 0.3) is 0 Å². The lowest BCUT2D eigenvalue weighted by atomic mass is 9.99. The molecule has 1 aromatic carbocycles. The average Bonchev–Trinajstić information content (AvgIpc) is 2.39. The Bertz CT molecular complexity index is 386. The molecule has 100 valence electrons. The number of benzene rings is 1. The van der Waals surface area contributed by atoms with Crippen LogP contribution in [0.4, 0.5) is 5.69 Å². The van der Waals surface area contributed by atoms with E-state index < -0.39 is 0 Å². The fourth-order valence-corrected chi connectivity index (χ4v) is 2.51. The van der Waals surface area contributed by atoms with E-state index in [1.54, 1.807) is 7.11 Å². The van der Waals surface area contributed by atoms with E-state index in [0.29, 0.717) is 0 Å². The highest BCUT2D eigenvalue weighted by atomic mass is 16.5. The molecule has 18 heavy (non-hydrogen) atoms. The molecule has 0 atom stereocenters. The monoisotopic (exact) mass is 249 g/mol. The smallest absolute Gasteiger partial charge is 0.142 e. The summed E-state index contributed by atoms with van der Waals surface area (Å²) in [6.07, 6.45) is 2.33. The van der Waals surface area contributed by atoms with E-state index >= 15 is 0 Å². The Kier molecular flexibility index (Phi) is 4.48. The van der Waals surface area contributed by atoms with E-state index in [2.05, 4.69) is 37.1 Å². The second kappa shape index (κ2) is 6.10. The lowest BCUT2D eigenvalue weighted by Gasteiger charge is -2.29. The van der Waals surface area contributed by atoms with Crippen molar-refractivity contribution in [2.24, 2.45) is 5.92 Å². The predicted octanol–water partition coefficient (Wildman–Crippen LogP) is 2.87. The maximum Gasteiger partial charge on any atom is 0.142 e. The first-order valence-corrected chi connectivity index (χ1v) is 6.64. The van der Waals surface area contributed by atoms with Gasteiger partial charge in [0.1, 0.15) is 5.75 Å². The Morgan fingerprint density at radius 3 is 2.72 bits per heavy atom. The molecule has 0 N–H and O–H groups in total. The molecule has 0 aliphatic carbocycles. The number of nitrogens with zero attached hydrogens (tertiary/aromatic N) is 1. The van der Waals surface area contributed by atoms with Crippen molar-refractivity contribution >= 4 is 5.69 Å². The Morgan fingerprint density at radius 2 is 2.06 bits per heavy atom. The van der Waals surface area contributed by atoms with Gasteiger partial charge < -0.3 is 14.4 Å². The van der Waals surface area contributed by atoms with Gasteiger partial charge in [-0.2, -0.15) is 0 Å². The molecular formula is C15H23NO2. The molecule has 1 fully saturated rings. The van der Waals surface area contributed by atoms with Crippen molar-refractivity contribution in [2.75, 3.05) is 38.8 Å². The first kappa shape index (κ1) is 13.2. The summed E-state index contributed by atoms with van der Waals surface area (Å²) in [5.41, 5.74) is 2.41. The lowest BCUT2D eigenvalue weighted by molar-refractivity contribution is 0.0685. The van der Waals surface area contributed by atoms with Gasteiger partial charge in [0.05, 0.1) is 12.8 Å². The van der Waals surface area contributed by atoms with E-state index in [1.807, 2.05) is 0 Å². The Hall–Kier alpha value is -1.22. The van der Waals surface area contributed by atoms with Crippen molar-refractivity contribution in [2.45, 2.75) is 19.8 Å². The van der Waals surface area contributed by atoms with E-state index in [9.17, 15) is 0 Å². The summed E-state index contributed by atoms with van der Waals surface area (Å²) in [7, 11) is 3.88. The average molecular weight is 249 g/mol. The molecule has 1 aliphatic heterocycles.